The zero-order chi connectivity index (χ0) is 20.5. The fourth-order valence-electron chi connectivity index (χ4n) is 2.83. The largest absolute Gasteiger partial charge is 0.423 e. The minimum Gasteiger partial charge on any atom is -0.423 e. The number of benzene rings is 1. The maximum atomic E-state index is 12.8. The number of fused-ring (bicyclic) bond motifs is 1. The lowest BCUT2D eigenvalue weighted by Gasteiger charge is -2.22. The van der Waals surface area contributed by atoms with Crippen LogP contribution in [0.5, 0.6) is 0 Å². The van der Waals surface area contributed by atoms with Gasteiger partial charge in [-0.2, -0.15) is 0 Å². The molecule has 1 atom stereocenters. The van der Waals surface area contributed by atoms with Crippen LogP contribution in [0.3, 0.4) is 0 Å². The van der Waals surface area contributed by atoms with E-state index >= 15 is 0 Å². The van der Waals surface area contributed by atoms with Crippen LogP contribution in [0.1, 0.15) is 11.8 Å². The van der Waals surface area contributed by atoms with E-state index in [-0.39, 0.29) is 11.8 Å². The molecular formula is C20H14N2O4S3. The second-order valence-electron chi connectivity index (χ2n) is 6.24. The monoisotopic (exact) mass is 442 g/mol. The van der Waals surface area contributed by atoms with Gasteiger partial charge in [0.15, 0.2) is 0 Å². The summed E-state index contributed by atoms with van der Waals surface area (Å²) in [5.74, 6) is -0.647. The van der Waals surface area contributed by atoms with Crippen LogP contribution in [0.2, 0.25) is 0 Å². The van der Waals surface area contributed by atoms with Crippen molar-refractivity contribution < 1.29 is 14.0 Å². The van der Waals surface area contributed by atoms with E-state index in [1.807, 2.05) is 17.5 Å². The van der Waals surface area contributed by atoms with Crippen LogP contribution in [0, 0.1) is 0 Å². The third-order valence-electron chi connectivity index (χ3n) is 4.29. The van der Waals surface area contributed by atoms with Gasteiger partial charge in [-0.25, -0.2) is 4.79 Å². The third-order valence-corrected chi connectivity index (χ3v) is 6.44. The Labute approximate surface area is 179 Å². The summed E-state index contributed by atoms with van der Waals surface area (Å²) in [4.78, 5) is 39.6. The molecule has 0 saturated carbocycles. The molecule has 0 spiro atoms. The number of thiophene rings is 1. The van der Waals surface area contributed by atoms with E-state index in [0.29, 0.717) is 25.9 Å². The highest BCUT2D eigenvalue weighted by Crippen LogP contribution is 2.34. The van der Waals surface area contributed by atoms with Gasteiger partial charge in [0.05, 0.1) is 4.91 Å². The predicted octanol–water partition coefficient (Wildman–Crippen LogP) is 4.08. The number of thioether (sulfide) groups is 1. The molecule has 1 aromatic carbocycles. The molecule has 2 amide bonds. The normalized spacial score (nSPS) is 16.6. The molecular weight excluding hydrogens is 428 g/mol. The summed E-state index contributed by atoms with van der Waals surface area (Å²) in [6.07, 6.45) is 1.78. The molecule has 1 aliphatic rings. The first-order valence-corrected chi connectivity index (χ1v) is 10.7. The van der Waals surface area contributed by atoms with Crippen LogP contribution in [0.25, 0.3) is 17.0 Å². The standard InChI is InChI=1S/C20H14N2O4S3/c1-11(22-19(25)16(29-20(22)27)10-14-3-2-8-28-14)18(24)21-13-5-6-15-12(9-13)4-7-17(23)26-15/h2-11H,1H3,(H,21,24)/b16-10-/t11-/m1/s1. The molecule has 9 heteroatoms. The fraction of sp³-hybridized carbons (Fsp3) is 0.100. The van der Waals surface area contributed by atoms with Crippen molar-refractivity contribution in [1.29, 1.82) is 0 Å². The average Bonchev–Trinajstić information content (AvgIpc) is 3.29. The van der Waals surface area contributed by atoms with Crippen molar-refractivity contribution in [3.8, 4) is 0 Å². The van der Waals surface area contributed by atoms with Crippen LogP contribution in [-0.4, -0.2) is 27.1 Å². The minimum atomic E-state index is -0.777. The molecule has 1 saturated heterocycles. The zero-order valence-corrected chi connectivity index (χ0v) is 17.5. The SMILES string of the molecule is C[C@H](C(=O)Nc1ccc2oc(=O)ccc2c1)N1C(=O)/C(=C/c2cccs2)SC1=S. The average molecular weight is 443 g/mol. The lowest BCUT2D eigenvalue weighted by atomic mass is 10.2. The van der Waals surface area contributed by atoms with Crippen molar-refractivity contribution in [1.82, 2.24) is 4.90 Å². The van der Waals surface area contributed by atoms with E-state index in [1.54, 1.807) is 37.3 Å². The molecule has 4 rings (SSSR count). The van der Waals surface area contributed by atoms with Gasteiger partial charge in [-0.3, -0.25) is 14.5 Å². The smallest absolute Gasteiger partial charge is 0.336 e. The first-order valence-electron chi connectivity index (χ1n) is 8.58. The number of nitrogens with zero attached hydrogens (tertiary/aromatic N) is 1. The van der Waals surface area contributed by atoms with Crippen LogP contribution in [0.15, 0.2) is 62.0 Å². The second-order valence-corrected chi connectivity index (χ2v) is 8.89. The summed E-state index contributed by atoms with van der Waals surface area (Å²) in [7, 11) is 0. The van der Waals surface area contributed by atoms with Crippen molar-refractivity contribution in [2.45, 2.75) is 13.0 Å². The van der Waals surface area contributed by atoms with Gasteiger partial charge >= 0.3 is 5.63 Å². The molecule has 0 aliphatic carbocycles. The maximum Gasteiger partial charge on any atom is 0.336 e. The van der Waals surface area contributed by atoms with Crippen molar-refractivity contribution in [3.63, 3.8) is 0 Å². The quantitative estimate of drug-likeness (QED) is 0.373. The summed E-state index contributed by atoms with van der Waals surface area (Å²) in [5, 5.41) is 5.40. The summed E-state index contributed by atoms with van der Waals surface area (Å²) in [6.45, 7) is 1.63. The van der Waals surface area contributed by atoms with Gasteiger partial charge in [-0.1, -0.05) is 30.0 Å². The highest BCUT2D eigenvalue weighted by molar-refractivity contribution is 8.26. The molecule has 2 aromatic heterocycles. The molecule has 1 aliphatic heterocycles. The van der Waals surface area contributed by atoms with Crippen LogP contribution >= 0.6 is 35.3 Å². The molecule has 0 bridgehead atoms. The van der Waals surface area contributed by atoms with E-state index in [2.05, 4.69) is 5.32 Å². The second kappa shape index (κ2) is 7.94. The molecule has 3 heterocycles. The van der Waals surface area contributed by atoms with Gasteiger partial charge in [0.2, 0.25) is 5.91 Å². The van der Waals surface area contributed by atoms with Gasteiger partial charge in [0.1, 0.15) is 15.9 Å². The number of amides is 2. The van der Waals surface area contributed by atoms with E-state index in [9.17, 15) is 14.4 Å². The number of hydrogen-bond acceptors (Lipinski definition) is 7. The molecule has 1 N–H and O–H groups in total. The Kier molecular flexibility index (Phi) is 5.35. The minimum absolute atomic E-state index is 0.281. The summed E-state index contributed by atoms with van der Waals surface area (Å²) in [5.41, 5.74) is 0.523. The summed E-state index contributed by atoms with van der Waals surface area (Å²) in [6, 6.07) is 10.9. The van der Waals surface area contributed by atoms with Crippen molar-refractivity contribution >= 4 is 74.2 Å². The Hall–Kier alpha value is -2.75. The highest BCUT2D eigenvalue weighted by Gasteiger charge is 2.38. The van der Waals surface area contributed by atoms with Gasteiger partial charge in [0.25, 0.3) is 5.91 Å². The Morgan fingerprint density at radius 1 is 1.24 bits per heavy atom. The van der Waals surface area contributed by atoms with Crippen LogP contribution in [0.4, 0.5) is 5.69 Å². The zero-order valence-electron chi connectivity index (χ0n) is 15.1. The van der Waals surface area contributed by atoms with Gasteiger partial charge in [-0.05, 0) is 48.7 Å². The summed E-state index contributed by atoms with van der Waals surface area (Å²) < 4.78 is 5.43. The Morgan fingerprint density at radius 3 is 2.83 bits per heavy atom. The number of rotatable bonds is 4. The lowest BCUT2D eigenvalue weighted by Crippen LogP contribution is -2.44. The maximum absolute atomic E-state index is 12.8. The molecule has 29 heavy (non-hydrogen) atoms. The first-order chi connectivity index (χ1) is 13.9. The van der Waals surface area contributed by atoms with E-state index < -0.39 is 11.7 Å². The van der Waals surface area contributed by atoms with E-state index in [1.165, 1.54) is 34.1 Å². The molecule has 1 fully saturated rings. The Bertz CT molecular complexity index is 1210. The number of carbonyl (C=O) groups excluding carboxylic acids is 2. The van der Waals surface area contributed by atoms with Gasteiger partial charge in [0, 0.05) is 22.0 Å². The molecule has 3 aromatic rings. The predicted molar refractivity (Wildman–Crippen MR) is 120 cm³/mol. The molecule has 146 valence electrons. The number of thiocarbonyl (C=S) groups is 1. The Balaban J connectivity index is 1.51. The van der Waals surface area contributed by atoms with Crippen LogP contribution in [-0.2, 0) is 9.59 Å². The number of carbonyl (C=O) groups is 2. The summed E-state index contributed by atoms with van der Waals surface area (Å²) >= 11 is 8.05. The van der Waals surface area contributed by atoms with Crippen molar-refractivity contribution in [2.24, 2.45) is 0 Å². The Morgan fingerprint density at radius 2 is 2.07 bits per heavy atom. The fourth-order valence-corrected chi connectivity index (χ4v) is 4.97. The first kappa shape index (κ1) is 19.6. The van der Waals surface area contributed by atoms with Crippen LogP contribution < -0.4 is 10.9 Å². The number of nitrogens with one attached hydrogen (secondary N) is 1. The topological polar surface area (TPSA) is 79.6 Å². The van der Waals surface area contributed by atoms with E-state index in [4.69, 9.17) is 16.6 Å². The van der Waals surface area contributed by atoms with Crippen molar-refractivity contribution in [3.05, 3.63) is 68.0 Å². The van der Waals surface area contributed by atoms with Gasteiger partial charge in [-0.15, -0.1) is 11.3 Å². The third kappa shape index (κ3) is 4.02. The van der Waals surface area contributed by atoms with Crippen molar-refractivity contribution in [2.75, 3.05) is 5.32 Å². The molecule has 0 radical (unpaired) electrons. The van der Waals surface area contributed by atoms with E-state index in [0.717, 1.165) is 4.88 Å². The molecule has 6 nitrogen and oxygen atoms in total. The van der Waals surface area contributed by atoms with Gasteiger partial charge < -0.3 is 9.73 Å². The lowest BCUT2D eigenvalue weighted by molar-refractivity contribution is -0.129. The highest BCUT2D eigenvalue weighted by atomic mass is 32.2. The number of anilines is 1. The molecule has 0 unspecified atom stereocenters. The number of hydrogen-bond donors (Lipinski definition) is 1.